The van der Waals surface area contributed by atoms with E-state index in [4.69, 9.17) is 16.3 Å². The first-order valence-corrected chi connectivity index (χ1v) is 9.12. The number of H-pyrrole nitrogens is 1. The van der Waals surface area contributed by atoms with Crippen molar-refractivity contribution in [3.8, 4) is 17.1 Å². The van der Waals surface area contributed by atoms with E-state index in [1.165, 1.54) is 6.07 Å². The molecule has 0 aliphatic carbocycles. The molecular formula is C21H20ClN3O3. The van der Waals surface area contributed by atoms with Gasteiger partial charge >= 0.3 is 0 Å². The van der Waals surface area contributed by atoms with Crippen LogP contribution in [0.25, 0.3) is 11.4 Å². The van der Waals surface area contributed by atoms with E-state index in [0.717, 1.165) is 5.56 Å². The number of carbonyl (C=O) groups excluding carboxylic acids is 1. The van der Waals surface area contributed by atoms with Crippen molar-refractivity contribution in [3.05, 3.63) is 75.2 Å². The summed E-state index contributed by atoms with van der Waals surface area (Å²) in [5, 5.41) is 3.43. The second-order valence-electron chi connectivity index (χ2n) is 6.48. The highest BCUT2D eigenvalue weighted by Crippen LogP contribution is 2.23. The third-order valence-electron chi connectivity index (χ3n) is 4.08. The van der Waals surface area contributed by atoms with Crippen molar-refractivity contribution in [2.24, 2.45) is 0 Å². The van der Waals surface area contributed by atoms with E-state index in [9.17, 15) is 9.59 Å². The molecule has 1 atom stereocenters. The monoisotopic (exact) mass is 397 g/mol. The summed E-state index contributed by atoms with van der Waals surface area (Å²) in [5.74, 6) is 0.752. The lowest BCUT2D eigenvalue weighted by Gasteiger charge is -2.16. The topological polar surface area (TPSA) is 84.1 Å². The Morgan fingerprint density at radius 2 is 1.96 bits per heavy atom. The number of benzene rings is 2. The number of halogens is 1. The molecule has 28 heavy (non-hydrogen) atoms. The van der Waals surface area contributed by atoms with Crippen molar-refractivity contribution in [2.45, 2.75) is 26.9 Å². The molecule has 1 heterocycles. The van der Waals surface area contributed by atoms with Crippen LogP contribution in [0.15, 0.2) is 53.3 Å². The van der Waals surface area contributed by atoms with E-state index in [0.29, 0.717) is 33.5 Å². The minimum Gasteiger partial charge on any atom is -0.481 e. The van der Waals surface area contributed by atoms with Gasteiger partial charge in [0, 0.05) is 28.0 Å². The highest BCUT2D eigenvalue weighted by Gasteiger charge is 2.16. The third kappa shape index (κ3) is 4.78. The Labute approximate surface area is 167 Å². The summed E-state index contributed by atoms with van der Waals surface area (Å²) in [5.41, 5.74) is 2.52. The van der Waals surface area contributed by atoms with Crippen LogP contribution in [0.1, 0.15) is 18.2 Å². The summed E-state index contributed by atoms with van der Waals surface area (Å²) < 4.78 is 5.75. The number of carbonyl (C=O) groups is 1. The largest absolute Gasteiger partial charge is 0.481 e. The Morgan fingerprint density at radius 3 is 2.68 bits per heavy atom. The van der Waals surface area contributed by atoms with E-state index in [2.05, 4.69) is 15.3 Å². The fourth-order valence-corrected chi connectivity index (χ4v) is 2.92. The van der Waals surface area contributed by atoms with Gasteiger partial charge in [0.05, 0.1) is 0 Å². The number of aromatic amines is 1. The molecule has 1 aromatic heterocycles. The maximum absolute atomic E-state index is 12.5. The van der Waals surface area contributed by atoms with Crippen LogP contribution in [0.4, 0.5) is 5.69 Å². The molecule has 0 radical (unpaired) electrons. The minimum absolute atomic E-state index is 0.225. The van der Waals surface area contributed by atoms with Crippen molar-refractivity contribution in [1.29, 1.82) is 0 Å². The molecular weight excluding hydrogens is 378 g/mol. The quantitative estimate of drug-likeness (QED) is 0.678. The number of aromatic nitrogens is 2. The molecule has 6 nitrogen and oxygen atoms in total. The molecule has 3 aromatic rings. The van der Waals surface area contributed by atoms with Crippen molar-refractivity contribution >= 4 is 23.2 Å². The van der Waals surface area contributed by atoms with Gasteiger partial charge in [-0.2, -0.15) is 0 Å². The number of nitrogens with one attached hydrogen (secondary N) is 2. The van der Waals surface area contributed by atoms with Crippen LogP contribution in [-0.2, 0) is 4.79 Å². The van der Waals surface area contributed by atoms with Gasteiger partial charge in [0.15, 0.2) is 6.10 Å². The summed E-state index contributed by atoms with van der Waals surface area (Å²) in [4.78, 5) is 31.2. The summed E-state index contributed by atoms with van der Waals surface area (Å²) in [6.45, 7) is 5.29. The molecule has 1 amide bonds. The van der Waals surface area contributed by atoms with Gasteiger partial charge in [-0.15, -0.1) is 0 Å². The zero-order valence-electron chi connectivity index (χ0n) is 15.7. The second-order valence-corrected chi connectivity index (χ2v) is 6.91. The Morgan fingerprint density at radius 1 is 1.18 bits per heavy atom. The number of aryl methyl sites for hydroxylation is 2. The Hall–Kier alpha value is -3.12. The zero-order valence-corrected chi connectivity index (χ0v) is 16.5. The molecule has 1 unspecified atom stereocenters. The molecule has 0 bridgehead atoms. The average Bonchev–Trinajstić information content (AvgIpc) is 2.63. The average molecular weight is 398 g/mol. The molecule has 0 spiro atoms. The van der Waals surface area contributed by atoms with Gasteiger partial charge < -0.3 is 15.0 Å². The van der Waals surface area contributed by atoms with Crippen LogP contribution >= 0.6 is 11.6 Å². The smallest absolute Gasteiger partial charge is 0.265 e. The number of ether oxygens (including phenoxy) is 1. The number of hydrogen-bond donors (Lipinski definition) is 2. The Balaban J connectivity index is 1.74. The second kappa shape index (κ2) is 8.27. The highest BCUT2D eigenvalue weighted by molar-refractivity contribution is 6.30. The summed E-state index contributed by atoms with van der Waals surface area (Å²) in [6, 6.07) is 13.8. The van der Waals surface area contributed by atoms with E-state index in [-0.39, 0.29) is 11.5 Å². The van der Waals surface area contributed by atoms with Gasteiger partial charge in [-0.25, -0.2) is 4.98 Å². The molecule has 7 heteroatoms. The van der Waals surface area contributed by atoms with E-state index >= 15 is 0 Å². The van der Waals surface area contributed by atoms with Gasteiger partial charge in [0.2, 0.25) is 0 Å². The first-order chi connectivity index (χ1) is 13.3. The molecule has 0 saturated carbocycles. The molecule has 144 valence electrons. The predicted octanol–water partition coefficient (Wildman–Crippen LogP) is 4.11. The molecule has 0 fully saturated rings. The lowest BCUT2D eigenvalue weighted by atomic mass is 10.1. The van der Waals surface area contributed by atoms with Gasteiger partial charge in [0.1, 0.15) is 11.6 Å². The molecule has 0 aliphatic rings. The SMILES string of the molecule is Cc1cc(=O)[nH]c(-c2cccc(NC(=O)C(C)Oc3ccc(Cl)cc3C)c2)n1. The van der Waals surface area contributed by atoms with Crippen LogP contribution in [0.5, 0.6) is 5.75 Å². The Bertz CT molecular complexity index is 1080. The number of anilines is 1. The van der Waals surface area contributed by atoms with E-state index < -0.39 is 6.10 Å². The zero-order chi connectivity index (χ0) is 20.3. The van der Waals surface area contributed by atoms with Gasteiger partial charge in [0.25, 0.3) is 11.5 Å². The molecule has 2 aromatic carbocycles. The van der Waals surface area contributed by atoms with Crippen molar-refractivity contribution < 1.29 is 9.53 Å². The van der Waals surface area contributed by atoms with Crippen LogP contribution < -0.4 is 15.6 Å². The molecule has 0 saturated heterocycles. The van der Waals surface area contributed by atoms with E-state index in [1.807, 2.05) is 13.0 Å². The summed E-state index contributed by atoms with van der Waals surface area (Å²) in [6.07, 6.45) is -0.708. The first kappa shape index (κ1) is 19.6. The molecule has 0 aliphatic heterocycles. The van der Waals surface area contributed by atoms with Crippen LogP contribution in [0.3, 0.4) is 0 Å². The van der Waals surface area contributed by atoms with Gasteiger partial charge in [-0.3, -0.25) is 9.59 Å². The number of nitrogens with zero attached hydrogens (tertiary/aromatic N) is 1. The standard InChI is InChI=1S/C21H20ClN3O3/c1-12-9-16(22)7-8-18(12)28-14(3)21(27)24-17-6-4-5-15(11-17)20-23-13(2)10-19(26)25-20/h4-11,14H,1-3H3,(H,24,27)(H,23,25,26). The summed E-state index contributed by atoms with van der Waals surface area (Å²) in [7, 11) is 0. The molecule has 3 rings (SSSR count). The molecule has 2 N–H and O–H groups in total. The van der Waals surface area contributed by atoms with Crippen molar-refractivity contribution in [2.75, 3.05) is 5.32 Å². The number of hydrogen-bond acceptors (Lipinski definition) is 4. The van der Waals surface area contributed by atoms with Crippen molar-refractivity contribution in [3.63, 3.8) is 0 Å². The van der Waals surface area contributed by atoms with Crippen LogP contribution in [0, 0.1) is 13.8 Å². The Kier molecular flexibility index (Phi) is 5.80. The lowest BCUT2D eigenvalue weighted by molar-refractivity contribution is -0.122. The van der Waals surface area contributed by atoms with E-state index in [1.54, 1.807) is 50.2 Å². The number of rotatable bonds is 5. The van der Waals surface area contributed by atoms with Gasteiger partial charge in [-0.05, 0) is 56.7 Å². The van der Waals surface area contributed by atoms with Gasteiger partial charge in [-0.1, -0.05) is 23.7 Å². The number of amides is 1. The predicted molar refractivity (Wildman–Crippen MR) is 110 cm³/mol. The maximum Gasteiger partial charge on any atom is 0.265 e. The van der Waals surface area contributed by atoms with Crippen molar-refractivity contribution in [1.82, 2.24) is 9.97 Å². The van der Waals surface area contributed by atoms with Crippen LogP contribution in [0.2, 0.25) is 5.02 Å². The fourth-order valence-electron chi connectivity index (χ4n) is 2.69. The third-order valence-corrected chi connectivity index (χ3v) is 4.32. The lowest BCUT2D eigenvalue weighted by Crippen LogP contribution is -2.30. The fraction of sp³-hybridized carbons (Fsp3) is 0.190. The summed E-state index contributed by atoms with van der Waals surface area (Å²) >= 11 is 5.95. The maximum atomic E-state index is 12.5. The highest BCUT2D eigenvalue weighted by atomic mass is 35.5. The normalized spacial score (nSPS) is 11.7. The minimum atomic E-state index is -0.708. The van der Waals surface area contributed by atoms with Crippen LogP contribution in [-0.4, -0.2) is 22.0 Å². The first-order valence-electron chi connectivity index (χ1n) is 8.74.